The van der Waals surface area contributed by atoms with Crippen LogP contribution in [0.4, 0.5) is 0 Å². The Balaban J connectivity index is 2.41. The van der Waals surface area contributed by atoms with E-state index in [0.717, 1.165) is 19.7 Å². The van der Waals surface area contributed by atoms with E-state index < -0.39 is 0 Å². The van der Waals surface area contributed by atoms with Crippen molar-refractivity contribution >= 4 is 11.3 Å². The quantitative estimate of drug-likeness (QED) is 0.757. The molecule has 0 atom stereocenters. The number of nitrogens with one attached hydrogen (secondary N) is 1. The van der Waals surface area contributed by atoms with Gasteiger partial charge in [0, 0.05) is 23.4 Å². The summed E-state index contributed by atoms with van der Waals surface area (Å²) < 4.78 is 5.04. The molecule has 0 unspecified atom stereocenters. The second-order valence-electron chi connectivity index (χ2n) is 2.58. The van der Waals surface area contributed by atoms with Crippen molar-refractivity contribution in [1.82, 2.24) is 5.32 Å². The SMILES string of the molecule is CCNCc1ccc(COC)s1. The molecule has 0 aliphatic heterocycles. The van der Waals surface area contributed by atoms with Gasteiger partial charge < -0.3 is 10.1 Å². The number of hydrogen-bond donors (Lipinski definition) is 1. The smallest absolute Gasteiger partial charge is 0.0805 e. The Morgan fingerprint density at radius 1 is 1.42 bits per heavy atom. The van der Waals surface area contributed by atoms with Crippen molar-refractivity contribution < 1.29 is 4.74 Å². The molecule has 1 heterocycles. The molecule has 0 amide bonds. The molecule has 0 saturated heterocycles. The lowest BCUT2D eigenvalue weighted by Crippen LogP contribution is -2.10. The number of methoxy groups -OCH3 is 1. The fraction of sp³-hybridized carbons (Fsp3) is 0.556. The molecule has 1 rings (SSSR count). The third-order valence-electron chi connectivity index (χ3n) is 1.55. The Labute approximate surface area is 77.6 Å². The molecule has 0 aliphatic carbocycles. The fourth-order valence-corrected chi connectivity index (χ4v) is 1.95. The van der Waals surface area contributed by atoms with Crippen LogP contribution in [0.2, 0.25) is 0 Å². The highest BCUT2D eigenvalue weighted by Gasteiger charge is 1.97. The number of rotatable bonds is 5. The summed E-state index contributed by atoms with van der Waals surface area (Å²) in [5.41, 5.74) is 0. The average Bonchev–Trinajstić information content (AvgIpc) is 2.50. The molecular formula is C9H15NOS. The molecule has 0 saturated carbocycles. The highest BCUT2D eigenvalue weighted by Crippen LogP contribution is 2.16. The molecule has 1 aromatic rings. The molecule has 68 valence electrons. The van der Waals surface area contributed by atoms with Crippen LogP contribution in [0.1, 0.15) is 16.7 Å². The predicted molar refractivity (Wildman–Crippen MR) is 52.4 cm³/mol. The van der Waals surface area contributed by atoms with E-state index in [1.165, 1.54) is 9.75 Å². The van der Waals surface area contributed by atoms with E-state index in [1.54, 1.807) is 7.11 Å². The average molecular weight is 185 g/mol. The zero-order chi connectivity index (χ0) is 8.81. The molecule has 1 N–H and O–H groups in total. The first-order valence-electron chi connectivity index (χ1n) is 4.14. The van der Waals surface area contributed by atoms with Crippen LogP contribution in [-0.4, -0.2) is 13.7 Å². The van der Waals surface area contributed by atoms with Crippen molar-refractivity contribution in [3.05, 3.63) is 21.9 Å². The van der Waals surface area contributed by atoms with Gasteiger partial charge in [0.1, 0.15) is 0 Å². The molecular weight excluding hydrogens is 170 g/mol. The van der Waals surface area contributed by atoms with E-state index in [4.69, 9.17) is 4.74 Å². The summed E-state index contributed by atoms with van der Waals surface area (Å²) in [6.45, 7) is 4.85. The maximum absolute atomic E-state index is 5.04. The number of ether oxygens (including phenoxy) is 1. The third kappa shape index (κ3) is 2.93. The van der Waals surface area contributed by atoms with Crippen LogP contribution in [0.15, 0.2) is 12.1 Å². The van der Waals surface area contributed by atoms with Crippen LogP contribution >= 0.6 is 11.3 Å². The van der Waals surface area contributed by atoms with Crippen molar-refractivity contribution in [2.75, 3.05) is 13.7 Å². The zero-order valence-electron chi connectivity index (χ0n) is 7.59. The van der Waals surface area contributed by atoms with Gasteiger partial charge in [-0.15, -0.1) is 11.3 Å². The molecule has 1 aromatic heterocycles. The molecule has 12 heavy (non-hydrogen) atoms. The first-order valence-corrected chi connectivity index (χ1v) is 4.95. The van der Waals surface area contributed by atoms with Gasteiger partial charge in [-0.3, -0.25) is 0 Å². The maximum atomic E-state index is 5.04. The summed E-state index contributed by atoms with van der Waals surface area (Å²) in [4.78, 5) is 2.68. The van der Waals surface area contributed by atoms with Crippen LogP contribution in [0, 0.1) is 0 Å². The highest BCUT2D eigenvalue weighted by atomic mass is 32.1. The van der Waals surface area contributed by atoms with Crippen molar-refractivity contribution in [2.45, 2.75) is 20.1 Å². The third-order valence-corrected chi connectivity index (χ3v) is 2.61. The van der Waals surface area contributed by atoms with E-state index in [0.29, 0.717) is 0 Å². The van der Waals surface area contributed by atoms with E-state index in [9.17, 15) is 0 Å². The van der Waals surface area contributed by atoms with Crippen LogP contribution in [0.3, 0.4) is 0 Å². The Hall–Kier alpha value is -0.380. The normalized spacial score (nSPS) is 10.5. The molecule has 3 heteroatoms. The molecule has 0 aromatic carbocycles. The minimum absolute atomic E-state index is 0.733. The lowest BCUT2D eigenvalue weighted by atomic mass is 10.4. The second-order valence-corrected chi connectivity index (χ2v) is 3.83. The Morgan fingerprint density at radius 2 is 2.17 bits per heavy atom. The van der Waals surface area contributed by atoms with Crippen molar-refractivity contribution in [1.29, 1.82) is 0 Å². The van der Waals surface area contributed by atoms with Gasteiger partial charge in [0.25, 0.3) is 0 Å². The summed E-state index contributed by atoms with van der Waals surface area (Å²) in [7, 11) is 1.73. The van der Waals surface area contributed by atoms with Crippen LogP contribution in [-0.2, 0) is 17.9 Å². The Bertz CT molecular complexity index is 222. The van der Waals surface area contributed by atoms with Gasteiger partial charge in [-0.05, 0) is 18.7 Å². The van der Waals surface area contributed by atoms with Crippen molar-refractivity contribution in [2.24, 2.45) is 0 Å². The van der Waals surface area contributed by atoms with Crippen molar-refractivity contribution in [3.8, 4) is 0 Å². The maximum Gasteiger partial charge on any atom is 0.0805 e. The van der Waals surface area contributed by atoms with Gasteiger partial charge in [-0.25, -0.2) is 0 Å². The van der Waals surface area contributed by atoms with Gasteiger partial charge in [-0.1, -0.05) is 6.92 Å². The molecule has 0 radical (unpaired) electrons. The second kappa shape index (κ2) is 5.30. The van der Waals surface area contributed by atoms with Crippen LogP contribution < -0.4 is 5.32 Å². The van der Waals surface area contributed by atoms with Crippen LogP contribution in [0.25, 0.3) is 0 Å². The molecule has 2 nitrogen and oxygen atoms in total. The minimum Gasteiger partial charge on any atom is -0.379 e. The summed E-state index contributed by atoms with van der Waals surface area (Å²) >= 11 is 1.81. The summed E-state index contributed by atoms with van der Waals surface area (Å²) in [6, 6.07) is 4.28. The predicted octanol–water partition coefficient (Wildman–Crippen LogP) is 2.00. The van der Waals surface area contributed by atoms with Gasteiger partial charge in [-0.2, -0.15) is 0 Å². The van der Waals surface area contributed by atoms with Crippen LogP contribution in [0.5, 0.6) is 0 Å². The topological polar surface area (TPSA) is 21.3 Å². The molecule has 0 fully saturated rings. The molecule has 0 bridgehead atoms. The van der Waals surface area contributed by atoms with Gasteiger partial charge >= 0.3 is 0 Å². The lowest BCUT2D eigenvalue weighted by molar-refractivity contribution is 0.187. The molecule has 0 spiro atoms. The van der Waals surface area contributed by atoms with E-state index in [1.807, 2.05) is 11.3 Å². The minimum atomic E-state index is 0.733. The Morgan fingerprint density at radius 3 is 2.83 bits per heavy atom. The standard InChI is InChI=1S/C9H15NOS/c1-3-10-6-8-4-5-9(12-8)7-11-2/h4-5,10H,3,6-7H2,1-2H3. The lowest BCUT2D eigenvalue weighted by Gasteiger charge is -1.96. The monoisotopic (exact) mass is 185 g/mol. The first-order chi connectivity index (χ1) is 5.86. The summed E-state index contributed by atoms with van der Waals surface area (Å²) in [6.07, 6.45) is 0. The van der Waals surface area contributed by atoms with Gasteiger partial charge in [0.05, 0.1) is 6.61 Å². The van der Waals surface area contributed by atoms with Gasteiger partial charge in [0.2, 0.25) is 0 Å². The largest absolute Gasteiger partial charge is 0.379 e. The number of thiophene rings is 1. The van der Waals surface area contributed by atoms with E-state index >= 15 is 0 Å². The van der Waals surface area contributed by atoms with Gasteiger partial charge in [0.15, 0.2) is 0 Å². The first kappa shape index (κ1) is 9.71. The number of hydrogen-bond acceptors (Lipinski definition) is 3. The van der Waals surface area contributed by atoms with Crippen molar-refractivity contribution in [3.63, 3.8) is 0 Å². The van der Waals surface area contributed by atoms with E-state index in [-0.39, 0.29) is 0 Å². The molecule has 0 aliphatic rings. The Kier molecular flexibility index (Phi) is 4.29. The summed E-state index contributed by atoms with van der Waals surface area (Å²) in [5.74, 6) is 0. The van der Waals surface area contributed by atoms with E-state index in [2.05, 4.69) is 24.4 Å². The summed E-state index contributed by atoms with van der Waals surface area (Å²) in [5, 5.41) is 3.29. The fourth-order valence-electron chi connectivity index (χ4n) is 0.985. The highest BCUT2D eigenvalue weighted by molar-refractivity contribution is 7.11. The zero-order valence-corrected chi connectivity index (χ0v) is 8.41.